The summed E-state index contributed by atoms with van der Waals surface area (Å²) in [6.07, 6.45) is -0.653. The average Bonchev–Trinajstić information content (AvgIpc) is 2.42. The number of carbonyl (C=O) groups excluding carboxylic acids is 1. The number of aliphatic hydroxyl groups is 1. The monoisotopic (exact) mass is 295 g/mol. The Labute approximate surface area is 126 Å². The summed E-state index contributed by atoms with van der Waals surface area (Å²) >= 11 is 1.65. The molecule has 4 heteroatoms. The van der Waals surface area contributed by atoms with Crippen molar-refractivity contribution in [3.8, 4) is 0 Å². The SMILES string of the molecule is CCSC(C(=O)NCC(O)c1ccccc1C)C(C)C. The minimum atomic E-state index is -0.653. The van der Waals surface area contributed by atoms with Crippen LogP contribution in [0.5, 0.6) is 0 Å². The molecule has 0 bridgehead atoms. The summed E-state index contributed by atoms with van der Waals surface area (Å²) in [5, 5.41) is 13.0. The van der Waals surface area contributed by atoms with Gasteiger partial charge in [0.25, 0.3) is 0 Å². The first-order valence-electron chi connectivity index (χ1n) is 7.10. The van der Waals surface area contributed by atoms with Crippen LogP contribution in [-0.4, -0.2) is 28.6 Å². The second-order valence-electron chi connectivity index (χ2n) is 5.24. The molecule has 2 N–H and O–H groups in total. The Morgan fingerprint density at radius 1 is 1.35 bits per heavy atom. The molecule has 0 saturated heterocycles. The van der Waals surface area contributed by atoms with Gasteiger partial charge in [0, 0.05) is 6.54 Å². The van der Waals surface area contributed by atoms with Gasteiger partial charge >= 0.3 is 0 Å². The maximum absolute atomic E-state index is 12.2. The van der Waals surface area contributed by atoms with Crippen LogP contribution in [0.4, 0.5) is 0 Å². The smallest absolute Gasteiger partial charge is 0.233 e. The molecule has 0 fully saturated rings. The third-order valence-electron chi connectivity index (χ3n) is 3.23. The van der Waals surface area contributed by atoms with Crippen molar-refractivity contribution >= 4 is 17.7 Å². The summed E-state index contributed by atoms with van der Waals surface area (Å²) in [7, 11) is 0. The summed E-state index contributed by atoms with van der Waals surface area (Å²) in [5.41, 5.74) is 1.91. The third kappa shape index (κ3) is 4.84. The summed E-state index contributed by atoms with van der Waals surface area (Å²) in [4.78, 5) is 12.2. The van der Waals surface area contributed by atoms with Crippen molar-refractivity contribution in [1.82, 2.24) is 5.32 Å². The van der Waals surface area contributed by atoms with Gasteiger partial charge < -0.3 is 10.4 Å². The predicted octanol–water partition coefficient (Wildman–Crippen LogP) is 2.92. The Morgan fingerprint density at radius 3 is 2.55 bits per heavy atom. The van der Waals surface area contributed by atoms with Crippen molar-refractivity contribution in [2.75, 3.05) is 12.3 Å². The molecule has 1 aromatic carbocycles. The lowest BCUT2D eigenvalue weighted by Gasteiger charge is -2.21. The normalized spacial score (nSPS) is 14.1. The highest BCUT2D eigenvalue weighted by Gasteiger charge is 2.22. The van der Waals surface area contributed by atoms with Gasteiger partial charge in [0.05, 0.1) is 11.4 Å². The predicted molar refractivity (Wildman–Crippen MR) is 85.9 cm³/mol. The fourth-order valence-corrected chi connectivity index (χ4v) is 3.10. The maximum atomic E-state index is 12.2. The van der Waals surface area contributed by atoms with Crippen molar-refractivity contribution in [2.24, 2.45) is 5.92 Å². The zero-order valence-corrected chi connectivity index (χ0v) is 13.5. The molecule has 1 amide bonds. The van der Waals surface area contributed by atoms with Crippen LogP contribution in [0.3, 0.4) is 0 Å². The highest BCUT2D eigenvalue weighted by molar-refractivity contribution is 8.00. The topological polar surface area (TPSA) is 49.3 Å². The molecule has 0 heterocycles. The van der Waals surface area contributed by atoms with Gasteiger partial charge in [-0.3, -0.25) is 4.79 Å². The first-order valence-corrected chi connectivity index (χ1v) is 8.15. The molecule has 0 aliphatic heterocycles. The van der Waals surface area contributed by atoms with E-state index in [0.717, 1.165) is 16.9 Å². The summed E-state index contributed by atoms with van der Waals surface area (Å²) in [6, 6.07) is 7.70. The minimum absolute atomic E-state index is 0.0134. The first kappa shape index (κ1) is 17.1. The zero-order chi connectivity index (χ0) is 15.1. The van der Waals surface area contributed by atoms with E-state index in [9.17, 15) is 9.90 Å². The fourth-order valence-electron chi connectivity index (χ4n) is 2.12. The molecule has 0 aliphatic rings. The lowest BCUT2D eigenvalue weighted by Crippen LogP contribution is -2.38. The highest BCUT2D eigenvalue weighted by Crippen LogP contribution is 2.20. The van der Waals surface area contributed by atoms with Crippen molar-refractivity contribution in [2.45, 2.75) is 39.0 Å². The van der Waals surface area contributed by atoms with Gasteiger partial charge in [0.1, 0.15) is 0 Å². The minimum Gasteiger partial charge on any atom is -0.387 e. The molecule has 2 atom stereocenters. The second kappa shape index (κ2) is 8.32. The molecule has 0 spiro atoms. The molecule has 0 radical (unpaired) electrons. The Balaban J connectivity index is 2.58. The third-order valence-corrected chi connectivity index (χ3v) is 4.68. The van der Waals surface area contributed by atoms with Crippen molar-refractivity contribution in [3.63, 3.8) is 0 Å². The van der Waals surface area contributed by atoms with E-state index in [1.165, 1.54) is 0 Å². The van der Waals surface area contributed by atoms with Crippen LogP contribution >= 0.6 is 11.8 Å². The first-order chi connectivity index (χ1) is 9.47. The van der Waals surface area contributed by atoms with Crippen LogP contribution in [0.25, 0.3) is 0 Å². The van der Waals surface area contributed by atoms with Crippen LogP contribution in [-0.2, 0) is 4.79 Å². The van der Waals surface area contributed by atoms with Gasteiger partial charge in [-0.15, -0.1) is 11.8 Å². The van der Waals surface area contributed by atoms with E-state index in [-0.39, 0.29) is 23.6 Å². The number of carbonyl (C=O) groups is 1. The molecule has 0 saturated carbocycles. The summed E-state index contributed by atoms with van der Waals surface area (Å²) < 4.78 is 0. The van der Waals surface area contributed by atoms with Crippen molar-refractivity contribution in [3.05, 3.63) is 35.4 Å². The molecule has 0 aromatic heterocycles. The molecule has 20 heavy (non-hydrogen) atoms. The van der Waals surface area contributed by atoms with Crippen LogP contribution in [0.2, 0.25) is 0 Å². The van der Waals surface area contributed by atoms with Crippen LogP contribution in [0.15, 0.2) is 24.3 Å². The number of benzene rings is 1. The van der Waals surface area contributed by atoms with E-state index in [1.54, 1.807) is 11.8 Å². The Bertz CT molecular complexity index is 434. The second-order valence-corrected chi connectivity index (χ2v) is 6.66. The van der Waals surface area contributed by atoms with E-state index in [2.05, 4.69) is 12.2 Å². The molecule has 0 aliphatic carbocycles. The number of rotatable bonds is 7. The summed E-state index contributed by atoms with van der Waals surface area (Å²) in [6.45, 7) is 8.37. The van der Waals surface area contributed by atoms with Gasteiger partial charge in [-0.25, -0.2) is 0 Å². The Hall–Kier alpha value is -1.00. The fraction of sp³-hybridized carbons (Fsp3) is 0.562. The van der Waals surface area contributed by atoms with Gasteiger partial charge in [-0.05, 0) is 29.7 Å². The molecular weight excluding hydrogens is 270 g/mol. The maximum Gasteiger partial charge on any atom is 0.233 e. The number of hydrogen-bond donors (Lipinski definition) is 2. The Kier molecular flexibility index (Phi) is 7.10. The van der Waals surface area contributed by atoms with E-state index in [0.29, 0.717) is 0 Å². The number of aryl methyl sites for hydroxylation is 1. The van der Waals surface area contributed by atoms with E-state index >= 15 is 0 Å². The molecule has 2 unspecified atom stereocenters. The number of thioether (sulfide) groups is 1. The number of aliphatic hydroxyl groups excluding tert-OH is 1. The largest absolute Gasteiger partial charge is 0.387 e. The van der Waals surface area contributed by atoms with Gasteiger partial charge in [-0.2, -0.15) is 0 Å². The molecule has 1 rings (SSSR count). The molecule has 112 valence electrons. The number of hydrogen-bond acceptors (Lipinski definition) is 3. The van der Waals surface area contributed by atoms with Gasteiger partial charge in [0.15, 0.2) is 0 Å². The van der Waals surface area contributed by atoms with Crippen LogP contribution in [0, 0.1) is 12.8 Å². The summed E-state index contributed by atoms with van der Waals surface area (Å²) in [5.74, 6) is 1.21. The zero-order valence-electron chi connectivity index (χ0n) is 12.7. The number of nitrogens with one attached hydrogen (secondary N) is 1. The Morgan fingerprint density at radius 2 is 2.00 bits per heavy atom. The van der Waals surface area contributed by atoms with E-state index in [4.69, 9.17) is 0 Å². The van der Waals surface area contributed by atoms with E-state index < -0.39 is 6.10 Å². The standard InChI is InChI=1S/C16H25NO2S/c1-5-20-15(11(2)3)16(19)17-10-14(18)13-9-7-6-8-12(13)4/h6-9,11,14-15,18H,5,10H2,1-4H3,(H,17,19). The lowest BCUT2D eigenvalue weighted by atomic mass is 10.0. The quantitative estimate of drug-likeness (QED) is 0.813. The number of amides is 1. The van der Waals surface area contributed by atoms with Gasteiger partial charge in [0.2, 0.25) is 5.91 Å². The highest BCUT2D eigenvalue weighted by atomic mass is 32.2. The van der Waals surface area contributed by atoms with Crippen LogP contribution in [0.1, 0.15) is 38.0 Å². The van der Waals surface area contributed by atoms with Crippen LogP contribution < -0.4 is 5.32 Å². The van der Waals surface area contributed by atoms with E-state index in [1.807, 2.05) is 45.0 Å². The van der Waals surface area contributed by atoms with Crippen molar-refractivity contribution < 1.29 is 9.90 Å². The van der Waals surface area contributed by atoms with Gasteiger partial charge in [-0.1, -0.05) is 45.0 Å². The lowest BCUT2D eigenvalue weighted by molar-refractivity contribution is -0.121. The average molecular weight is 295 g/mol. The van der Waals surface area contributed by atoms with Crippen molar-refractivity contribution in [1.29, 1.82) is 0 Å². The molecular formula is C16H25NO2S. The molecule has 3 nitrogen and oxygen atoms in total. The molecule has 1 aromatic rings.